The van der Waals surface area contributed by atoms with Crippen LogP contribution in [0.15, 0.2) is 23.0 Å². The van der Waals surface area contributed by atoms with Gasteiger partial charge in [0.15, 0.2) is 5.82 Å². The summed E-state index contributed by atoms with van der Waals surface area (Å²) < 4.78 is 7.08. The van der Waals surface area contributed by atoms with Crippen molar-refractivity contribution in [3.63, 3.8) is 0 Å². The minimum atomic E-state index is -0.396. The summed E-state index contributed by atoms with van der Waals surface area (Å²) in [6, 6.07) is 1.92. The van der Waals surface area contributed by atoms with Crippen LogP contribution in [-0.2, 0) is 13.0 Å². The first-order valence-corrected chi connectivity index (χ1v) is 6.38. The van der Waals surface area contributed by atoms with Crippen LogP contribution in [0, 0.1) is 0 Å². The van der Waals surface area contributed by atoms with Crippen molar-refractivity contribution < 1.29 is 9.63 Å². The number of aliphatic hydroxyl groups excluding tert-OH is 1. The summed E-state index contributed by atoms with van der Waals surface area (Å²) in [4.78, 5) is 4.31. The van der Waals surface area contributed by atoms with Gasteiger partial charge in [-0.15, -0.1) is 0 Å². The molecule has 2 aromatic heterocycles. The number of nitrogens with zero attached hydrogens (tertiary/aromatic N) is 3. The van der Waals surface area contributed by atoms with Crippen LogP contribution in [0.3, 0.4) is 0 Å². The number of hydrogen-bond donors (Lipinski definition) is 1. The van der Waals surface area contributed by atoms with Gasteiger partial charge in [0, 0.05) is 18.8 Å². The molecule has 0 aromatic carbocycles. The Morgan fingerprint density at radius 1 is 1.44 bits per heavy atom. The van der Waals surface area contributed by atoms with Gasteiger partial charge in [-0.3, -0.25) is 0 Å². The maximum Gasteiger partial charge on any atom is 0.226 e. The number of aryl methyl sites for hydroxylation is 1. The first-order chi connectivity index (χ1) is 8.72. The molecule has 0 aliphatic rings. The smallest absolute Gasteiger partial charge is 0.226 e. The molecular weight excluding hydrogens is 230 g/mol. The molecule has 18 heavy (non-hydrogen) atoms. The number of aromatic nitrogens is 3. The zero-order valence-corrected chi connectivity index (χ0v) is 10.8. The maximum absolute atomic E-state index is 9.72. The molecule has 98 valence electrons. The van der Waals surface area contributed by atoms with Crippen LogP contribution in [0.25, 0.3) is 0 Å². The second-order valence-corrected chi connectivity index (χ2v) is 4.40. The zero-order valence-electron chi connectivity index (χ0n) is 10.8. The van der Waals surface area contributed by atoms with E-state index in [0.29, 0.717) is 24.7 Å². The Kier molecular flexibility index (Phi) is 4.15. The number of rotatable bonds is 6. The quantitative estimate of drug-likeness (QED) is 0.853. The fraction of sp³-hybridized carbons (Fsp3) is 0.538. The van der Waals surface area contributed by atoms with E-state index < -0.39 is 6.10 Å². The van der Waals surface area contributed by atoms with Crippen molar-refractivity contribution in [2.24, 2.45) is 0 Å². The highest BCUT2D eigenvalue weighted by atomic mass is 16.5. The summed E-state index contributed by atoms with van der Waals surface area (Å²) in [6.45, 7) is 4.61. The maximum atomic E-state index is 9.72. The molecule has 0 spiro atoms. The van der Waals surface area contributed by atoms with E-state index in [1.54, 1.807) is 0 Å². The Morgan fingerprint density at radius 3 is 3.00 bits per heavy atom. The van der Waals surface area contributed by atoms with Crippen molar-refractivity contribution in [1.29, 1.82) is 0 Å². The minimum absolute atomic E-state index is 0.396. The van der Waals surface area contributed by atoms with Crippen molar-refractivity contribution >= 4 is 0 Å². The van der Waals surface area contributed by atoms with Gasteiger partial charge in [-0.1, -0.05) is 19.0 Å². The highest BCUT2D eigenvalue weighted by molar-refractivity contribution is 5.14. The average Bonchev–Trinajstić information content (AvgIpc) is 2.99. The predicted octanol–water partition coefficient (Wildman–Crippen LogP) is 2.32. The van der Waals surface area contributed by atoms with Crippen molar-refractivity contribution in [1.82, 2.24) is 14.7 Å². The fourth-order valence-electron chi connectivity index (χ4n) is 1.82. The molecule has 2 aromatic rings. The van der Waals surface area contributed by atoms with Gasteiger partial charge in [0.25, 0.3) is 0 Å². The lowest BCUT2D eigenvalue weighted by atomic mass is 10.1. The van der Waals surface area contributed by atoms with Crippen LogP contribution in [0.4, 0.5) is 0 Å². The SMILES string of the molecule is CCCc1nc(Cn2ccc(C(O)CC)c2)no1. The van der Waals surface area contributed by atoms with Crippen molar-refractivity contribution in [2.75, 3.05) is 0 Å². The van der Waals surface area contributed by atoms with Crippen LogP contribution < -0.4 is 0 Å². The van der Waals surface area contributed by atoms with Crippen LogP contribution in [0.2, 0.25) is 0 Å². The summed E-state index contributed by atoms with van der Waals surface area (Å²) >= 11 is 0. The van der Waals surface area contributed by atoms with Gasteiger partial charge in [-0.25, -0.2) is 0 Å². The Labute approximate surface area is 106 Å². The third kappa shape index (κ3) is 2.98. The molecule has 2 heterocycles. The molecule has 0 aliphatic carbocycles. The highest BCUT2D eigenvalue weighted by Gasteiger charge is 2.09. The Balaban J connectivity index is 2.01. The molecular formula is C13H19N3O2. The second kappa shape index (κ2) is 5.82. The molecule has 1 atom stereocenters. The lowest BCUT2D eigenvalue weighted by Crippen LogP contribution is -1.99. The van der Waals surface area contributed by atoms with E-state index >= 15 is 0 Å². The van der Waals surface area contributed by atoms with Crippen LogP contribution in [0.1, 0.15) is 50.1 Å². The molecule has 1 N–H and O–H groups in total. The number of hydrogen-bond acceptors (Lipinski definition) is 4. The summed E-state index contributed by atoms with van der Waals surface area (Å²) in [5.74, 6) is 1.36. The molecule has 0 fully saturated rings. The predicted molar refractivity (Wildman–Crippen MR) is 67.1 cm³/mol. The monoisotopic (exact) mass is 249 g/mol. The molecule has 0 saturated carbocycles. The molecule has 0 saturated heterocycles. The third-order valence-corrected chi connectivity index (χ3v) is 2.84. The fourth-order valence-corrected chi connectivity index (χ4v) is 1.82. The van der Waals surface area contributed by atoms with E-state index in [2.05, 4.69) is 17.1 Å². The van der Waals surface area contributed by atoms with E-state index in [0.717, 1.165) is 18.4 Å². The van der Waals surface area contributed by atoms with Gasteiger partial charge in [0.1, 0.15) is 0 Å². The normalized spacial score (nSPS) is 12.8. The van der Waals surface area contributed by atoms with E-state index in [9.17, 15) is 5.11 Å². The van der Waals surface area contributed by atoms with E-state index in [1.165, 1.54) is 0 Å². The second-order valence-electron chi connectivity index (χ2n) is 4.40. The Hall–Kier alpha value is -1.62. The lowest BCUT2D eigenvalue weighted by molar-refractivity contribution is 0.173. The number of aliphatic hydroxyl groups is 1. The van der Waals surface area contributed by atoms with Crippen molar-refractivity contribution in [3.8, 4) is 0 Å². The average molecular weight is 249 g/mol. The molecule has 0 radical (unpaired) electrons. The molecule has 2 rings (SSSR count). The zero-order chi connectivity index (χ0) is 13.0. The molecule has 0 bridgehead atoms. The summed E-state index contributed by atoms with van der Waals surface area (Å²) in [5.41, 5.74) is 0.926. The largest absolute Gasteiger partial charge is 0.388 e. The van der Waals surface area contributed by atoms with Gasteiger partial charge in [0.05, 0.1) is 12.6 Å². The molecule has 5 nitrogen and oxygen atoms in total. The summed E-state index contributed by atoms with van der Waals surface area (Å²) in [5, 5.41) is 13.7. The van der Waals surface area contributed by atoms with Gasteiger partial charge in [-0.2, -0.15) is 4.98 Å². The molecule has 5 heteroatoms. The highest BCUT2D eigenvalue weighted by Crippen LogP contribution is 2.16. The van der Waals surface area contributed by atoms with Gasteiger partial charge >= 0.3 is 0 Å². The first kappa shape index (κ1) is 12.8. The van der Waals surface area contributed by atoms with E-state index in [-0.39, 0.29) is 0 Å². The van der Waals surface area contributed by atoms with Gasteiger partial charge < -0.3 is 14.2 Å². The van der Waals surface area contributed by atoms with Crippen LogP contribution in [0.5, 0.6) is 0 Å². The molecule has 0 amide bonds. The van der Waals surface area contributed by atoms with Crippen LogP contribution >= 0.6 is 0 Å². The standard InChI is InChI=1S/C13H19N3O2/c1-3-5-13-14-12(15-18-13)9-16-7-6-10(8-16)11(17)4-2/h6-8,11,17H,3-5,9H2,1-2H3. The van der Waals surface area contributed by atoms with Crippen molar-refractivity contribution in [3.05, 3.63) is 35.7 Å². The Bertz CT molecular complexity index is 490. The van der Waals surface area contributed by atoms with Crippen molar-refractivity contribution in [2.45, 2.75) is 45.8 Å². The van der Waals surface area contributed by atoms with E-state index in [1.807, 2.05) is 30.0 Å². The molecule has 1 unspecified atom stereocenters. The van der Waals surface area contributed by atoms with E-state index in [4.69, 9.17) is 4.52 Å². The Morgan fingerprint density at radius 2 is 2.28 bits per heavy atom. The van der Waals surface area contributed by atoms with Gasteiger partial charge in [0.2, 0.25) is 5.89 Å². The minimum Gasteiger partial charge on any atom is -0.388 e. The lowest BCUT2D eigenvalue weighted by Gasteiger charge is -2.03. The van der Waals surface area contributed by atoms with Crippen LogP contribution in [-0.4, -0.2) is 19.8 Å². The summed E-state index contributed by atoms with van der Waals surface area (Å²) in [7, 11) is 0. The molecule has 0 aliphatic heterocycles. The van der Waals surface area contributed by atoms with Gasteiger partial charge in [-0.05, 0) is 24.5 Å². The first-order valence-electron chi connectivity index (χ1n) is 6.38. The third-order valence-electron chi connectivity index (χ3n) is 2.84. The summed E-state index contributed by atoms with van der Waals surface area (Å²) in [6.07, 6.45) is 5.98. The topological polar surface area (TPSA) is 64.1 Å².